The van der Waals surface area contributed by atoms with E-state index in [9.17, 15) is 0 Å². The van der Waals surface area contributed by atoms with Crippen LogP contribution in [0.25, 0.3) is 71.3 Å². The number of imidazole rings is 1. The highest BCUT2D eigenvalue weighted by atomic mass is 16.3. The molecular weight excluding hydrogens is 386 g/mol. The number of nitrogens with zero attached hydrogens (tertiary/aromatic N) is 3. The predicted molar refractivity (Wildman–Crippen MR) is 123 cm³/mol. The molecule has 5 heteroatoms. The van der Waals surface area contributed by atoms with Gasteiger partial charge in [-0.25, -0.2) is 4.98 Å². The molecule has 0 radical (unpaired) electrons. The van der Waals surface area contributed by atoms with Gasteiger partial charge in [-0.3, -0.25) is 9.38 Å². The average molecular weight is 399 g/mol. The molecule has 5 aromatic heterocycles. The Hall–Kier alpha value is -4.38. The minimum atomic E-state index is 0.790. The summed E-state index contributed by atoms with van der Waals surface area (Å²) in [4.78, 5) is 9.45. The second kappa shape index (κ2) is 5.21. The standard InChI is InChI=1S/C26H13N3O2/c1-3-9-17-14(6-1)19-21-22-16(8-5-11-27-22)26-28-12-13-29(26)23(21)25-20(24(19)30-17)15-7-2-4-10-18(15)31-25/h1-13H. The van der Waals surface area contributed by atoms with Gasteiger partial charge >= 0.3 is 0 Å². The van der Waals surface area contributed by atoms with Crippen LogP contribution in [0.1, 0.15) is 0 Å². The van der Waals surface area contributed by atoms with Gasteiger partial charge in [0.05, 0.1) is 10.9 Å². The minimum absolute atomic E-state index is 0.790. The quantitative estimate of drug-likeness (QED) is 0.262. The zero-order valence-electron chi connectivity index (χ0n) is 16.2. The summed E-state index contributed by atoms with van der Waals surface area (Å²) in [6, 6.07) is 20.3. The Bertz CT molecular complexity index is 2010. The third-order valence-corrected chi connectivity index (χ3v) is 6.29. The first-order chi connectivity index (χ1) is 15.4. The van der Waals surface area contributed by atoms with Gasteiger partial charge in [-0.2, -0.15) is 0 Å². The van der Waals surface area contributed by atoms with Gasteiger partial charge in [-0.15, -0.1) is 0 Å². The Labute approximate surface area is 174 Å². The molecule has 3 aromatic carbocycles. The Kier molecular flexibility index (Phi) is 2.60. The number of pyridine rings is 2. The lowest BCUT2D eigenvalue weighted by Gasteiger charge is -2.09. The molecular formula is C26H13N3O2. The van der Waals surface area contributed by atoms with E-state index in [1.54, 1.807) is 0 Å². The molecule has 0 aliphatic rings. The van der Waals surface area contributed by atoms with Crippen molar-refractivity contribution >= 4 is 71.3 Å². The molecule has 31 heavy (non-hydrogen) atoms. The lowest BCUT2D eigenvalue weighted by Crippen LogP contribution is -1.93. The third-order valence-electron chi connectivity index (χ3n) is 6.29. The van der Waals surface area contributed by atoms with Crippen molar-refractivity contribution in [3.8, 4) is 0 Å². The van der Waals surface area contributed by atoms with Crippen LogP contribution < -0.4 is 0 Å². The minimum Gasteiger partial charge on any atom is -0.455 e. The van der Waals surface area contributed by atoms with E-state index in [-0.39, 0.29) is 0 Å². The number of aromatic nitrogens is 3. The van der Waals surface area contributed by atoms with Gasteiger partial charge in [0.1, 0.15) is 27.9 Å². The van der Waals surface area contributed by atoms with E-state index < -0.39 is 0 Å². The van der Waals surface area contributed by atoms with Crippen molar-refractivity contribution in [2.45, 2.75) is 0 Å². The fraction of sp³-hybridized carbons (Fsp3) is 0. The third kappa shape index (κ3) is 1.74. The molecule has 0 saturated heterocycles. The summed E-state index contributed by atoms with van der Waals surface area (Å²) in [5.74, 6) is 0. The summed E-state index contributed by atoms with van der Waals surface area (Å²) in [7, 11) is 0. The molecule has 5 heterocycles. The van der Waals surface area contributed by atoms with Crippen molar-refractivity contribution in [2.24, 2.45) is 0 Å². The molecule has 0 bridgehead atoms. The van der Waals surface area contributed by atoms with Crippen LogP contribution in [0.3, 0.4) is 0 Å². The van der Waals surface area contributed by atoms with E-state index in [2.05, 4.69) is 27.6 Å². The van der Waals surface area contributed by atoms with Crippen molar-refractivity contribution in [2.75, 3.05) is 0 Å². The maximum absolute atomic E-state index is 6.47. The molecule has 0 aliphatic heterocycles. The van der Waals surface area contributed by atoms with Crippen LogP contribution >= 0.6 is 0 Å². The highest BCUT2D eigenvalue weighted by Gasteiger charge is 2.24. The zero-order chi connectivity index (χ0) is 20.1. The highest BCUT2D eigenvalue weighted by Crippen LogP contribution is 2.46. The second-order valence-electron chi connectivity index (χ2n) is 7.85. The van der Waals surface area contributed by atoms with Gasteiger partial charge in [-0.1, -0.05) is 36.4 Å². The first kappa shape index (κ1) is 15.5. The molecule has 5 nitrogen and oxygen atoms in total. The van der Waals surface area contributed by atoms with Gasteiger partial charge in [0, 0.05) is 45.5 Å². The topological polar surface area (TPSA) is 56.5 Å². The molecule has 0 atom stereocenters. The lowest BCUT2D eigenvalue weighted by molar-refractivity contribution is 0.664. The molecule has 8 aromatic rings. The summed E-state index contributed by atoms with van der Waals surface area (Å²) in [6.45, 7) is 0. The van der Waals surface area contributed by atoms with Crippen LogP contribution in [-0.2, 0) is 0 Å². The van der Waals surface area contributed by atoms with E-state index in [4.69, 9.17) is 13.8 Å². The van der Waals surface area contributed by atoms with Crippen LogP contribution in [0.15, 0.2) is 88.1 Å². The van der Waals surface area contributed by atoms with Crippen LogP contribution in [0, 0.1) is 0 Å². The van der Waals surface area contributed by atoms with E-state index in [0.29, 0.717) is 0 Å². The molecule has 0 saturated carbocycles. The van der Waals surface area contributed by atoms with Crippen LogP contribution in [0.2, 0.25) is 0 Å². The summed E-state index contributed by atoms with van der Waals surface area (Å²) in [5, 5.41) is 6.18. The number of hydrogen-bond acceptors (Lipinski definition) is 4. The summed E-state index contributed by atoms with van der Waals surface area (Å²) >= 11 is 0. The van der Waals surface area contributed by atoms with Gasteiger partial charge in [0.15, 0.2) is 5.58 Å². The number of fused-ring (bicyclic) bond motifs is 15. The lowest BCUT2D eigenvalue weighted by atomic mass is 10.0. The van der Waals surface area contributed by atoms with Crippen LogP contribution in [0.4, 0.5) is 0 Å². The van der Waals surface area contributed by atoms with E-state index in [0.717, 1.165) is 71.3 Å². The molecule has 8 rings (SSSR count). The summed E-state index contributed by atoms with van der Waals surface area (Å²) < 4.78 is 15.0. The molecule has 0 amide bonds. The fourth-order valence-electron chi connectivity index (χ4n) is 5.07. The van der Waals surface area contributed by atoms with Crippen molar-refractivity contribution in [1.29, 1.82) is 0 Å². The van der Waals surface area contributed by atoms with E-state index >= 15 is 0 Å². The number of benzene rings is 3. The van der Waals surface area contributed by atoms with Crippen LogP contribution in [-0.4, -0.2) is 14.4 Å². The van der Waals surface area contributed by atoms with Gasteiger partial charge in [0.2, 0.25) is 0 Å². The van der Waals surface area contributed by atoms with Gasteiger partial charge < -0.3 is 8.83 Å². The van der Waals surface area contributed by atoms with E-state index in [1.807, 2.05) is 61.1 Å². The van der Waals surface area contributed by atoms with Crippen molar-refractivity contribution < 1.29 is 8.83 Å². The van der Waals surface area contributed by atoms with Crippen molar-refractivity contribution in [3.63, 3.8) is 0 Å². The number of para-hydroxylation sites is 2. The largest absolute Gasteiger partial charge is 0.455 e. The smallest absolute Gasteiger partial charge is 0.163 e. The summed E-state index contributed by atoms with van der Waals surface area (Å²) in [5.41, 5.74) is 6.04. The molecule has 0 N–H and O–H groups in total. The maximum Gasteiger partial charge on any atom is 0.163 e. The van der Waals surface area contributed by atoms with Gasteiger partial charge in [-0.05, 0) is 24.3 Å². The number of rotatable bonds is 0. The van der Waals surface area contributed by atoms with E-state index in [1.165, 1.54) is 0 Å². The first-order valence-electron chi connectivity index (χ1n) is 10.2. The Morgan fingerprint density at radius 2 is 1.32 bits per heavy atom. The van der Waals surface area contributed by atoms with Gasteiger partial charge in [0.25, 0.3) is 0 Å². The number of furan rings is 2. The monoisotopic (exact) mass is 399 g/mol. The van der Waals surface area contributed by atoms with Crippen molar-refractivity contribution in [3.05, 3.63) is 79.3 Å². The first-order valence-corrected chi connectivity index (χ1v) is 10.2. The second-order valence-corrected chi connectivity index (χ2v) is 7.85. The van der Waals surface area contributed by atoms with Crippen LogP contribution in [0.5, 0.6) is 0 Å². The molecule has 0 fully saturated rings. The molecule has 0 spiro atoms. The Morgan fingerprint density at radius 3 is 2.16 bits per heavy atom. The average Bonchev–Trinajstić information content (AvgIpc) is 3.53. The zero-order valence-corrected chi connectivity index (χ0v) is 16.2. The highest BCUT2D eigenvalue weighted by molar-refractivity contribution is 6.37. The SMILES string of the molecule is c1ccc2c(c1)oc1c2c2oc3ccccc3c2c2c3ncccc3c3nccn3c12. The normalized spacial score (nSPS) is 12.5. The summed E-state index contributed by atoms with van der Waals surface area (Å²) in [6.07, 6.45) is 5.65. The molecule has 144 valence electrons. The number of hydrogen-bond donors (Lipinski definition) is 0. The predicted octanol–water partition coefficient (Wildman–Crippen LogP) is 6.83. The molecule has 0 unspecified atom stereocenters. The Morgan fingerprint density at radius 1 is 0.613 bits per heavy atom. The maximum atomic E-state index is 6.47. The fourth-order valence-corrected chi connectivity index (χ4v) is 5.07. The van der Waals surface area contributed by atoms with Crippen molar-refractivity contribution in [1.82, 2.24) is 14.4 Å². The Balaban J connectivity index is 1.88. The molecule has 0 aliphatic carbocycles.